The van der Waals surface area contributed by atoms with Crippen LogP contribution >= 0.6 is 0 Å². The van der Waals surface area contributed by atoms with E-state index in [0.717, 1.165) is 0 Å². The van der Waals surface area contributed by atoms with Gasteiger partial charge >= 0.3 is 11.9 Å². The van der Waals surface area contributed by atoms with Crippen LogP contribution in [0.1, 0.15) is 59.1 Å². The summed E-state index contributed by atoms with van der Waals surface area (Å²) in [6.45, 7) is 0. The van der Waals surface area contributed by atoms with Gasteiger partial charge in [-0.2, -0.15) is 0 Å². The molecule has 0 spiro atoms. The fourth-order valence-corrected chi connectivity index (χ4v) is 11.0. The minimum absolute atomic E-state index is 0.150. The van der Waals surface area contributed by atoms with Gasteiger partial charge in [-0.25, -0.2) is 0 Å². The van der Waals surface area contributed by atoms with E-state index in [4.69, 9.17) is 37.9 Å². The number of benzene rings is 11. The average molecular weight is 1040 g/mol. The van der Waals surface area contributed by atoms with Gasteiger partial charge in [0.1, 0.15) is 11.5 Å². The molecule has 0 amide bonds. The maximum Gasteiger partial charge on any atom is 0.311 e. The van der Waals surface area contributed by atoms with E-state index < -0.39 is 11.9 Å². The van der Waals surface area contributed by atoms with Crippen LogP contribution in [0.5, 0.6) is 46.0 Å². The summed E-state index contributed by atoms with van der Waals surface area (Å²) < 4.78 is 46.5. The van der Waals surface area contributed by atoms with Crippen molar-refractivity contribution < 1.29 is 47.5 Å². The molecule has 11 aromatic rings. The Morgan fingerprint density at radius 3 is 1.04 bits per heavy atom. The molecule has 0 aromatic heterocycles. The Hall–Kier alpha value is -9.28. The van der Waals surface area contributed by atoms with Crippen molar-refractivity contribution in [2.45, 2.75) is 38.5 Å². The molecule has 0 aliphatic carbocycles. The Labute approximate surface area is 452 Å². The van der Waals surface area contributed by atoms with Crippen molar-refractivity contribution in [3.63, 3.8) is 0 Å². The fraction of sp³-hybridized carbons (Fsp3) is 0.176. The van der Waals surface area contributed by atoms with E-state index in [1.54, 1.807) is 54.8 Å². The first-order valence-corrected chi connectivity index (χ1v) is 26.1. The third-order valence-electron chi connectivity index (χ3n) is 14.8. The monoisotopic (exact) mass is 1030 g/mol. The number of esters is 2. The highest BCUT2D eigenvalue weighted by Crippen LogP contribution is 2.43. The largest absolute Gasteiger partial charge is 0.493 e. The highest BCUT2D eigenvalue weighted by Gasteiger charge is 2.20. The first kappa shape index (κ1) is 50.9. The molecule has 0 N–H and O–H groups in total. The van der Waals surface area contributed by atoms with Crippen LogP contribution in [0.3, 0.4) is 0 Å². The maximum absolute atomic E-state index is 14.1. The van der Waals surface area contributed by atoms with Gasteiger partial charge in [0.2, 0.25) is 11.5 Å². The van der Waals surface area contributed by atoms with Gasteiger partial charge in [0.25, 0.3) is 0 Å². The number of hydrogen-bond acceptors (Lipinski definition) is 10. The molecular formula is C68H58O10. The van der Waals surface area contributed by atoms with E-state index >= 15 is 0 Å². The molecule has 0 radical (unpaired) electrons. The van der Waals surface area contributed by atoms with Crippen LogP contribution in [0.15, 0.2) is 146 Å². The smallest absolute Gasteiger partial charge is 0.311 e. The van der Waals surface area contributed by atoms with Gasteiger partial charge in [-0.1, -0.05) is 133 Å². The van der Waals surface area contributed by atoms with Crippen LogP contribution in [0.2, 0.25) is 0 Å². The molecule has 390 valence electrons. The summed E-state index contributed by atoms with van der Waals surface area (Å²) in [5.41, 5.74) is 4.75. The first-order chi connectivity index (χ1) is 38.2. The Balaban J connectivity index is 0.918. The van der Waals surface area contributed by atoms with E-state index in [0.29, 0.717) is 82.4 Å². The van der Waals surface area contributed by atoms with E-state index in [1.165, 1.54) is 75.8 Å². The second-order valence-corrected chi connectivity index (χ2v) is 19.3. The van der Waals surface area contributed by atoms with Crippen LogP contribution in [0, 0.1) is 0 Å². The van der Waals surface area contributed by atoms with Gasteiger partial charge in [0.15, 0.2) is 23.0 Å². The van der Waals surface area contributed by atoms with Crippen LogP contribution in [-0.4, -0.2) is 54.6 Å². The lowest BCUT2D eigenvalue weighted by molar-refractivity contribution is -0.135. The molecule has 0 aliphatic rings. The zero-order valence-corrected chi connectivity index (χ0v) is 44.5. The van der Waals surface area contributed by atoms with Gasteiger partial charge in [-0.05, 0) is 149 Å². The Kier molecular flexibility index (Phi) is 14.4. The predicted molar refractivity (Wildman–Crippen MR) is 314 cm³/mol. The number of rotatable bonds is 20. The van der Waals surface area contributed by atoms with E-state index in [-0.39, 0.29) is 24.3 Å². The zero-order chi connectivity index (χ0) is 53.9. The topological polar surface area (TPSA) is 108 Å². The van der Waals surface area contributed by atoms with Crippen LogP contribution in [0.25, 0.3) is 88.9 Å². The third-order valence-corrected chi connectivity index (χ3v) is 14.8. The molecule has 0 saturated heterocycles. The molecule has 11 rings (SSSR count). The maximum atomic E-state index is 14.1. The number of ether oxygens (including phenoxy) is 8. The lowest BCUT2D eigenvalue weighted by atomic mass is 9.90. The Morgan fingerprint density at radius 2 is 0.692 bits per heavy atom. The summed E-state index contributed by atoms with van der Waals surface area (Å²) in [5, 5.41) is 14.6. The lowest BCUT2D eigenvalue weighted by Crippen LogP contribution is -2.11. The summed E-state index contributed by atoms with van der Waals surface area (Å²) in [5.74, 6) is 2.49. The van der Waals surface area contributed by atoms with E-state index in [2.05, 4.69) is 109 Å². The van der Waals surface area contributed by atoms with Gasteiger partial charge in [0.05, 0.1) is 42.7 Å². The third kappa shape index (κ3) is 9.89. The van der Waals surface area contributed by atoms with Crippen LogP contribution in [-0.2, 0) is 22.4 Å². The highest BCUT2D eigenvalue weighted by molar-refractivity contribution is 6.24. The summed E-state index contributed by atoms with van der Waals surface area (Å²) in [4.78, 5) is 28.3. The lowest BCUT2D eigenvalue weighted by Gasteiger charge is -2.16. The number of carbonyl (C=O) groups excluding carboxylic acids is 2. The van der Waals surface area contributed by atoms with Gasteiger partial charge in [-0.3, -0.25) is 9.59 Å². The summed E-state index contributed by atoms with van der Waals surface area (Å²) in [6, 6.07) is 49.7. The number of carbonyl (C=O) groups is 2. The first-order valence-electron chi connectivity index (χ1n) is 26.1. The molecule has 0 fully saturated rings. The van der Waals surface area contributed by atoms with Crippen molar-refractivity contribution in [3.05, 3.63) is 179 Å². The predicted octanol–water partition coefficient (Wildman–Crippen LogP) is 15.7. The minimum Gasteiger partial charge on any atom is -0.493 e. The van der Waals surface area contributed by atoms with Gasteiger partial charge in [0, 0.05) is 24.0 Å². The normalized spacial score (nSPS) is 11.8. The molecule has 0 saturated carbocycles. The summed E-state index contributed by atoms with van der Waals surface area (Å²) >= 11 is 0. The number of aryl methyl sites for hydroxylation is 2. The van der Waals surface area contributed by atoms with Gasteiger partial charge in [-0.15, -0.1) is 0 Å². The van der Waals surface area contributed by atoms with Crippen molar-refractivity contribution in [3.8, 4) is 46.0 Å². The van der Waals surface area contributed by atoms with Crippen molar-refractivity contribution in [1.29, 1.82) is 0 Å². The van der Waals surface area contributed by atoms with Crippen molar-refractivity contribution in [1.82, 2.24) is 0 Å². The molecule has 78 heavy (non-hydrogen) atoms. The molecule has 10 heteroatoms. The molecule has 0 atom stereocenters. The van der Waals surface area contributed by atoms with E-state index in [9.17, 15) is 9.59 Å². The van der Waals surface area contributed by atoms with Crippen molar-refractivity contribution >= 4 is 101 Å². The van der Waals surface area contributed by atoms with Crippen LogP contribution in [0.4, 0.5) is 0 Å². The molecular weight excluding hydrogens is 977 g/mol. The van der Waals surface area contributed by atoms with Crippen LogP contribution < -0.4 is 37.9 Å². The van der Waals surface area contributed by atoms with Crippen molar-refractivity contribution in [2.24, 2.45) is 0 Å². The average Bonchev–Trinajstić information content (AvgIpc) is 3.62. The number of methoxy groups -OCH3 is 6. The minimum atomic E-state index is -0.411. The SMILES string of the molecule is COc1cc(/C=C/c2cc(OC(=O)CCCc3ccc4ccc5cccc6ccc3c4c56)c(/C=C/c3cc(OC)c(OC)c(OC)c3)cc2OC(=O)CCCc2ccc3ccc4cccc5ccc2c3c45)cc(OC)c1OC. The Bertz CT molecular complexity index is 3770. The van der Waals surface area contributed by atoms with E-state index in [1.807, 2.05) is 48.6 Å². The highest BCUT2D eigenvalue weighted by atomic mass is 16.5. The number of hydrogen-bond donors (Lipinski definition) is 0. The molecule has 0 unspecified atom stereocenters. The molecule has 0 heterocycles. The van der Waals surface area contributed by atoms with Crippen molar-refractivity contribution in [2.75, 3.05) is 42.7 Å². The molecule has 0 aliphatic heterocycles. The molecule has 0 bridgehead atoms. The molecule has 10 nitrogen and oxygen atoms in total. The standard InChI is InChI=1S/C68H58O10/c1-71-57-35-41(36-58(72-2)67(57)75-5)19-21-51-39-56(78-62(70)18-10-12-44-24-26-50-30-28-46-14-8-16-48-32-34-54(44)66(50)64(46)48)52(22-20-42-37-59(73-3)68(76-6)60(38-42)74-4)40-55(51)77-61(69)17-9-11-43-23-25-49-29-27-45-13-7-15-47-31-33-53(43)65(49)63(45)47/h7-8,13-16,19-40H,9-12,17-18H2,1-6H3/b21-19+,22-20+. The second kappa shape index (κ2) is 22.1. The van der Waals surface area contributed by atoms with Gasteiger partial charge < -0.3 is 37.9 Å². The second-order valence-electron chi connectivity index (χ2n) is 19.3. The quantitative estimate of drug-likeness (QED) is 0.0317. The zero-order valence-electron chi connectivity index (χ0n) is 44.5. The Morgan fingerprint density at radius 1 is 0.359 bits per heavy atom. The summed E-state index contributed by atoms with van der Waals surface area (Å²) in [6.07, 6.45) is 10.1. The molecule has 11 aromatic carbocycles. The fourth-order valence-electron chi connectivity index (χ4n) is 11.0. The summed E-state index contributed by atoms with van der Waals surface area (Å²) in [7, 11) is 9.34.